The van der Waals surface area contributed by atoms with Gasteiger partial charge in [-0.05, 0) is 47.1 Å². The van der Waals surface area contributed by atoms with Crippen molar-refractivity contribution in [2.45, 2.75) is 63.5 Å². The van der Waals surface area contributed by atoms with Crippen LogP contribution in [-0.2, 0) is 14.4 Å². The number of benzene rings is 1. The minimum atomic E-state index is -4.18. The Labute approximate surface area is 218 Å². The third kappa shape index (κ3) is 5.52. The predicted octanol–water partition coefficient (Wildman–Crippen LogP) is 3.66. The lowest BCUT2D eigenvalue weighted by Crippen LogP contribution is -2.59. The molecule has 3 amide bonds. The second kappa shape index (κ2) is 9.53. The quantitative estimate of drug-likeness (QED) is 0.552. The van der Waals surface area contributed by atoms with Crippen molar-refractivity contribution >= 4 is 40.1 Å². The highest BCUT2D eigenvalue weighted by Crippen LogP contribution is 2.55. The summed E-state index contributed by atoms with van der Waals surface area (Å²) < 4.78 is 26.9. The van der Waals surface area contributed by atoms with E-state index in [1.807, 2.05) is 24.3 Å². The van der Waals surface area contributed by atoms with Crippen LogP contribution >= 0.6 is 11.6 Å². The van der Waals surface area contributed by atoms with Crippen molar-refractivity contribution in [3.05, 3.63) is 42.2 Å². The van der Waals surface area contributed by atoms with E-state index < -0.39 is 46.6 Å². The van der Waals surface area contributed by atoms with Gasteiger partial charge < -0.3 is 15.5 Å². The molecule has 2 fully saturated rings. The summed E-state index contributed by atoms with van der Waals surface area (Å²) in [6, 6.07) is 6.16. The minimum absolute atomic E-state index is 0.232. The lowest BCUT2D eigenvalue weighted by Gasteiger charge is -2.35. The first-order valence-corrected chi connectivity index (χ1v) is 12.3. The molecule has 1 unspecified atom stereocenters. The molecule has 2 N–H and O–H groups in total. The Kier molecular flexibility index (Phi) is 6.88. The Morgan fingerprint density at radius 1 is 1.19 bits per heavy atom. The van der Waals surface area contributed by atoms with Crippen molar-refractivity contribution in [1.82, 2.24) is 20.5 Å². The van der Waals surface area contributed by atoms with Gasteiger partial charge in [-0.25, -0.2) is 0 Å². The van der Waals surface area contributed by atoms with Crippen molar-refractivity contribution in [3.8, 4) is 6.07 Å². The number of rotatable bonds is 6. The molecule has 3 atom stereocenters. The van der Waals surface area contributed by atoms with Gasteiger partial charge in [-0.3, -0.25) is 19.4 Å². The van der Waals surface area contributed by atoms with Crippen LogP contribution in [0.3, 0.4) is 0 Å². The van der Waals surface area contributed by atoms with E-state index in [2.05, 4.69) is 21.7 Å². The summed E-state index contributed by atoms with van der Waals surface area (Å²) in [6.07, 6.45) is 5.21. The zero-order valence-corrected chi connectivity index (χ0v) is 21.5. The molecule has 0 radical (unpaired) electrons. The van der Waals surface area contributed by atoms with Crippen LogP contribution < -0.4 is 10.6 Å². The van der Waals surface area contributed by atoms with Crippen LogP contribution in [0.5, 0.6) is 0 Å². The number of hydrogen-bond donors (Lipinski definition) is 2. The van der Waals surface area contributed by atoms with Gasteiger partial charge in [0.25, 0.3) is 0 Å². The number of hydrogen-bond acceptors (Lipinski definition) is 5. The van der Waals surface area contributed by atoms with Gasteiger partial charge in [0.2, 0.25) is 11.8 Å². The van der Waals surface area contributed by atoms with Gasteiger partial charge in [-0.2, -0.15) is 14.0 Å². The summed E-state index contributed by atoms with van der Waals surface area (Å²) in [5, 5.41) is 12.1. The molecule has 1 aromatic heterocycles. The number of likely N-dealkylation sites (tertiary alicyclic amines) is 1. The summed E-state index contributed by atoms with van der Waals surface area (Å²) in [5.74, 6) is -2.96. The first kappa shape index (κ1) is 26.7. The van der Waals surface area contributed by atoms with Crippen molar-refractivity contribution in [2.24, 2.45) is 10.8 Å². The Balaban J connectivity index is 1.60. The summed E-state index contributed by atoms with van der Waals surface area (Å²) in [6.45, 7) is 5.13. The number of pyridine rings is 1. The highest BCUT2D eigenvalue weighted by molar-refractivity contribution is 6.32. The Morgan fingerprint density at radius 3 is 2.46 bits per heavy atom. The fourth-order valence-electron chi connectivity index (χ4n) is 4.88. The molecule has 37 heavy (non-hydrogen) atoms. The Bertz CT molecular complexity index is 1270. The Hall–Kier alpha value is -3.32. The first-order chi connectivity index (χ1) is 17.3. The minimum Gasteiger partial charge on any atom is -0.337 e. The third-order valence-corrected chi connectivity index (χ3v) is 7.29. The molecule has 4 rings (SSSR count). The number of nitrogens with zero attached hydrogens (tertiary/aromatic N) is 3. The van der Waals surface area contributed by atoms with Gasteiger partial charge in [0.05, 0.1) is 6.07 Å². The topological polar surface area (TPSA) is 115 Å². The molecule has 1 spiro atoms. The lowest BCUT2D eigenvalue weighted by molar-refractivity contribution is -0.147. The monoisotopic (exact) mass is 531 g/mol. The van der Waals surface area contributed by atoms with E-state index in [4.69, 9.17) is 11.6 Å². The average Bonchev–Trinajstić information content (AvgIpc) is 3.48. The molecule has 1 saturated heterocycles. The van der Waals surface area contributed by atoms with E-state index in [0.717, 1.165) is 23.6 Å². The largest absolute Gasteiger partial charge is 0.399 e. The number of halogens is 3. The number of carbonyl (C=O) groups excluding carboxylic acids is 3. The first-order valence-electron chi connectivity index (χ1n) is 12.0. The van der Waals surface area contributed by atoms with E-state index >= 15 is 0 Å². The molecule has 2 heterocycles. The van der Waals surface area contributed by atoms with Crippen LogP contribution in [0.2, 0.25) is 0 Å². The smallest absolute Gasteiger partial charge is 0.337 e. The molecule has 1 saturated carbocycles. The predicted molar refractivity (Wildman–Crippen MR) is 132 cm³/mol. The van der Waals surface area contributed by atoms with E-state index in [1.165, 1.54) is 11.1 Å². The maximum absolute atomic E-state index is 13.7. The van der Waals surface area contributed by atoms with Gasteiger partial charge in [0.1, 0.15) is 18.1 Å². The molecule has 0 bridgehead atoms. The van der Waals surface area contributed by atoms with Crippen LogP contribution in [-0.4, -0.2) is 51.6 Å². The standard InChI is InChI=1S/C26H28ClF2N5O3/c1-24(2,3)20(33-23(37)26(27,28)29)22(36)34-14-25(8-9-25)10-19(34)21(35)32-18(11-30)17-13-31-12-15-6-4-5-7-16(15)17/h4-7,12-13,18-20H,8-10,14H2,1-3H3,(H,32,35)(H,33,37)/t18?,19-,20+/m0/s1. The van der Waals surface area contributed by atoms with E-state index in [1.54, 1.807) is 27.0 Å². The normalized spacial score (nSPS) is 20.2. The molecule has 11 heteroatoms. The number of nitrogens with one attached hydrogen (secondary N) is 2. The van der Waals surface area contributed by atoms with Crippen LogP contribution in [0, 0.1) is 22.2 Å². The fourth-order valence-corrected chi connectivity index (χ4v) is 4.93. The third-order valence-electron chi connectivity index (χ3n) is 7.12. The number of amides is 3. The zero-order chi connectivity index (χ0) is 27.2. The SMILES string of the molecule is CC(C)(C)[C@H](NC(=O)C(F)(F)Cl)C(=O)N1CC2(CC2)C[C@H]1C(=O)NC(C#N)c1cncc2ccccc12. The highest BCUT2D eigenvalue weighted by Gasteiger charge is 2.57. The van der Waals surface area contributed by atoms with E-state index in [0.29, 0.717) is 12.0 Å². The maximum atomic E-state index is 13.7. The van der Waals surface area contributed by atoms with Gasteiger partial charge >= 0.3 is 11.3 Å². The summed E-state index contributed by atoms with van der Waals surface area (Å²) >= 11 is 4.88. The fraction of sp³-hybridized carbons (Fsp3) is 0.500. The number of aromatic nitrogens is 1. The summed E-state index contributed by atoms with van der Waals surface area (Å²) in [7, 11) is 0. The van der Waals surface area contributed by atoms with E-state index in [-0.39, 0.29) is 12.0 Å². The van der Waals surface area contributed by atoms with Gasteiger partial charge in [0.15, 0.2) is 0 Å². The maximum Gasteiger partial charge on any atom is 0.399 e. The summed E-state index contributed by atoms with van der Waals surface area (Å²) in [4.78, 5) is 44.6. The van der Waals surface area contributed by atoms with Crippen LogP contribution in [0.25, 0.3) is 10.8 Å². The van der Waals surface area contributed by atoms with Gasteiger partial charge in [-0.15, -0.1) is 0 Å². The molecule has 1 aliphatic heterocycles. The number of alkyl halides is 3. The molecule has 8 nitrogen and oxygen atoms in total. The second-order valence-electron chi connectivity index (χ2n) is 11.0. The average molecular weight is 532 g/mol. The zero-order valence-electron chi connectivity index (χ0n) is 20.7. The molecule has 1 aliphatic carbocycles. The molecule has 2 aromatic rings. The Morgan fingerprint density at radius 2 is 1.86 bits per heavy atom. The number of carbonyl (C=O) groups is 3. The van der Waals surface area contributed by atoms with Crippen molar-refractivity contribution < 1.29 is 23.2 Å². The van der Waals surface area contributed by atoms with Crippen molar-refractivity contribution in [3.63, 3.8) is 0 Å². The molecule has 196 valence electrons. The highest BCUT2D eigenvalue weighted by atomic mass is 35.5. The molecule has 1 aromatic carbocycles. The van der Waals surface area contributed by atoms with Crippen LogP contribution in [0.15, 0.2) is 36.7 Å². The van der Waals surface area contributed by atoms with Crippen molar-refractivity contribution in [1.29, 1.82) is 5.26 Å². The lowest BCUT2D eigenvalue weighted by atomic mass is 9.85. The number of fused-ring (bicyclic) bond motifs is 1. The van der Waals surface area contributed by atoms with Gasteiger partial charge in [0, 0.05) is 29.9 Å². The van der Waals surface area contributed by atoms with Crippen LogP contribution in [0.1, 0.15) is 51.6 Å². The number of nitriles is 1. The van der Waals surface area contributed by atoms with E-state index in [9.17, 15) is 28.4 Å². The molecular weight excluding hydrogens is 504 g/mol. The van der Waals surface area contributed by atoms with Gasteiger partial charge in [-0.1, -0.05) is 45.0 Å². The second-order valence-corrected chi connectivity index (χ2v) is 11.5. The molecule has 2 aliphatic rings. The van der Waals surface area contributed by atoms with Crippen LogP contribution in [0.4, 0.5) is 8.78 Å². The summed E-state index contributed by atoms with van der Waals surface area (Å²) in [5.41, 5.74) is -0.655. The van der Waals surface area contributed by atoms with Crippen molar-refractivity contribution in [2.75, 3.05) is 6.54 Å². The molecular formula is C26H28ClF2N5O3.